The van der Waals surface area contributed by atoms with Gasteiger partial charge in [-0.3, -0.25) is 14.5 Å². The Kier molecular flexibility index (Phi) is 5.45. The van der Waals surface area contributed by atoms with Crippen molar-refractivity contribution in [1.29, 1.82) is 0 Å². The largest absolute Gasteiger partial charge is 0.340 e. The summed E-state index contributed by atoms with van der Waals surface area (Å²) in [6.45, 7) is 3.45. The SMILES string of the molecule is Cc1cnn(CCC(=O)N2CCCC2CCc2noc(-c3ccncc3)n2)c1. The monoisotopic (exact) mass is 380 g/mol. The molecule has 0 saturated carbocycles. The van der Waals surface area contributed by atoms with Gasteiger partial charge >= 0.3 is 0 Å². The van der Waals surface area contributed by atoms with E-state index in [9.17, 15) is 4.79 Å². The van der Waals surface area contributed by atoms with E-state index in [0.717, 1.165) is 36.9 Å². The van der Waals surface area contributed by atoms with E-state index in [4.69, 9.17) is 4.52 Å². The van der Waals surface area contributed by atoms with Crippen molar-refractivity contribution in [2.75, 3.05) is 6.54 Å². The van der Waals surface area contributed by atoms with Gasteiger partial charge in [-0.25, -0.2) is 0 Å². The molecule has 8 heteroatoms. The van der Waals surface area contributed by atoms with Gasteiger partial charge < -0.3 is 9.42 Å². The molecule has 1 aliphatic rings. The van der Waals surface area contributed by atoms with Crippen LogP contribution in [0, 0.1) is 6.92 Å². The molecule has 8 nitrogen and oxygen atoms in total. The summed E-state index contributed by atoms with van der Waals surface area (Å²) in [5, 5.41) is 8.33. The Bertz CT molecular complexity index is 920. The number of aromatic nitrogens is 5. The Morgan fingerprint density at radius 1 is 1.32 bits per heavy atom. The first-order valence-electron chi connectivity index (χ1n) is 9.70. The van der Waals surface area contributed by atoms with Crippen LogP contribution in [0.3, 0.4) is 0 Å². The van der Waals surface area contributed by atoms with Crippen molar-refractivity contribution < 1.29 is 9.32 Å². The molecule has 1 aliphatic heterocycles. The highest BCUT2D eigenvalue weighted by molar-refractivity contribution is 5.76. The molecule has 4 heterocycles. The molecular formula is C20H24N6O2. The second-order valence-electron chi connectivity index (χ2n) is 7.20. The minimum absolute atomic E-state index is 0.196. The number of carbonyl (C=O) groups is 1. The standard InChI is InChI=1S/C20H24N6O2/c1-15-13-22-25(14-15)12-8-19(27)26-11-2-3-17(26)4-5-18-23-20(28-24-18)16-6-9-21-10-7-16/h6-7,9-10,13-14,17H,2-5,8,11-12H2,1H3. The zero-order chi connectivity index (χ0) is 19.3. The van der Waals surface area contributed by atoms with Gasteiger partial charge in [0.15, 0.2) is 5.82 Å². The summed E-state index contributed by atoms with van der Waals surface area (Å²) >= 11 is 0. The van der Waals surface area contributed by atoms with Crippen LogP contribution in [0.15, 0.2) is 41.4 Å². The second kappa shape index (κ2) is 8.33. The molecule has 3 aromatic heterocycles. The molecule has 3 aromatic rings. The number of aryl methyl sites for hydroxylation is 3. The molecule has 0 spiro atoms. The van der Waals surface area contributed by atoms with Crippen LogP contribution in [-0.4, -0.2) is 48.3 Å². The lowest BCUT2D eigenvalue weighted by atomic mass is 10.1. The van der Waals surface area contributed by atoms with Gasteiger partial charge in [0.05, 0.1) is 6.20 Å². The number of hydrogen-bond donors (Lipinski definition) is 0. The highest BCUT2D eigenvalue weighted by atomic mass is 16.5. The highest BCUT2D eigenvalue weighted by Crippen LogP contribution is 2.23. The molecular weight excluding hydrogens is 356 g/mol. The third-order valence-corrected chi connectivity index (χ3v) is 5.11. The number of likely N-dealkylation sites (tertiary alicyclic amines) is 1. The van der Waals surface area contributed by atoms with Gasteiger partial charge in [0.25, 0.3) is 5.89 Å². The third-order valence-electron chi connectivity index (χ3n) is 5.11. The molecule has 1 fully saturated rings. The van der Waals surface area contributed by atoms with E-state index in [1.165, 1.54) is 0 Å². The molecule has 28 heavy (non-hydrogen) atoms. The minimum Gasteiger partial charge on any atom is -0.340 e. The van der Waals surface area contributed by atoms with E-state index in [2.05, 4.69) is 20.2 Å². The Morgan fingerprint density at radius 3 is 2.96 bits per heavy atom. The molecule has 1 amide bonds. The Labute approximate surface area is 163 Å². The highest BCUT2D eigenvalue weighted by Gasteiger charge is 2.28. The quantitative estimate of drug-likeness (QED) is 0.626. The van der Waals surface area contributed by atoms with Crippen LogP contribution in [0.1, 0.15) is 37.1 Å². The van der Waals surface area contributed by atoms with Gasteiger partial charge in [0, 0.05) is 56.1 Å². The average molecular weight is 380 g/mol. The Balaban J connectivity index is 1.30. The molecule has 0 aromatic carbocycles. The summed E-state index contributed by atoms with van der Waals surface area (Å²) in [5.41, 5.74) is 1.97. The minimum atomic E-state index is 0.196. The molecule has 0 bridgehead atoms. The van der Waals surface area contributed by atoms with Crippen LogP contribution in [0.2, 0.25) is 0 Å². The molecule has 1 unspecified atom stereocenters. The molecule has 0 radical (unpaired) electrons. The molecule has 0 aliphatic carbocycles. The predicted octanol–water partition coefficient (Wildman–Crippen LogP) is 2.65. The number of amides is 1. The number of carbonyl (C=O) groups excluding carboxylic acids is 1. The second-order valence-corrected chi connectivity index (χ2v) is 7.20. The lowest BCUT2D eigenvalue weighted by Crippen LogP contribution is -2.36. The van der Waals surface area contributed by atoms with Crippen LogP contribution in [0.25, 0.3) is 11.5 Å². The molecule has 1 saturated heterocycles. The predicted molar refractivity (Wildman–Crippen MR) is 102 cm³/mol. The summed E-state index contributed by atoms with van der Waals surface area (Å²) in [6, 6.07) is 3.93. The number of rotatable bonds is 7. The smallest absolute Gasteiger partial charge is 0.258 e. The van der Waals surface area contributed by atoms with Gasteiger partial charge in [-0.05, 0) is 43.9 Å². The van der Waals surface area contributed by atoms with E-state index in [1.807, 2.05) is 41.0 Å². The normalized spacial score (nSPS) is 16.6. The zero-order valence-corrected chi connectivity index (χ0v) is 16.0. The van der Waals surface area contributed by atoms with Gasteiger partial charge in [0.2, 0.25) is 5.91 Å². The van der Waals surface area contributed by atoms with Crippen molar-refractivity contribution in [2.24, 2.45) is 0 Å². The maximum absolute atomic E-state index is 12.7. The molecule has 0 N–H and O–H groups in total. The maximum Gasteiger partial charge on any atom is 0.258 e. The number of hydrogen-bond acceptors (Lipinski definition) is 6. The van der Waals surface area contributed by atoms with Gasteiger partial charge in [-0.15, -0.1) is 0 Å². The average Bonchev–Trinajstić information content (AvgIpc) is 3.46. The van der Waals surface area contributed by atoms with E-state index in [-0.39, 0.29) is 11.9 Å². The van der Waals surface area contributed by atoms with Crippen molar-refractivity contribution in [2.45, 2.75) is 51.6 Å². The van der Waals surface area contributed by atoms with Gasteiger partial charge in [-0.1, -0.05) is 5.16 Å². The lowest BCUT2D eigenvalue weighted by Gasteiger charge is -2.24. The van der Waals surface area contributed by atoms with Crippen LogP contribution >= 0.6 is 0 Å². The zero-order valence-electron chi connectivity index (χ0n) is 16.0. The van der Waals surface area contributed by atoms with Crippen molar-refractivity contribution in [3.8, 4) is 11.5 Å². The first-order chi connectivity index (χ1) is 13.7. The summed E-state index contributed by atoms with van der Waals surface area (Å²) in [6.07, 6.45) is 11.3. The van der Waals surface area contributed by atoms with Gasteiger partial charge in [-0.2, -0.15) is 10.1 Å². The summed E-state index contributed by atoms with van der Waals surface area (Å²) in [5.74, 6) is 1.38. The van der Waals surface area contributed by atoms with Gasteiger partial charge in [0.1, 0.15) is 0 Å². The Morgan fingerprint density at radius 2 is 2.18 bits per heavy atom. The van der Waals surface area contributed by atoms with Crippen LogP contribution < -0.4 is 0 Å². The van der Waals surface area contributed by atoms with Crippen LogP contribution in [-0.2, 0) is 17.8 Å². The fourth-order valence-electron chi connectivity index (χ4n) is 3.67. The summed E-state index contributed by atoms with van der Waals surface area (Å²) < 4.78 is 7.18. The van der Waals surface area contributed by atoms with Crippen LogP contribution in [0.5, 0.6) is 0 Å². The topological polar surface area (TPSA) is 89.9 Å². The molecule has 1 atom stereocenters. The van der Waals surface area contributed by atoms with Crippen molar-refractivity contribution in [3.05, 3.63) is 48.3 Å². The van der Waals surface area contributed by atoms with Crippen molar-refractivity contribution >= 4 is 5.91 Å². The van der Waals surface area contributed by atoms with Crippen LogP contribution in [0.4, 0.5) is 0 Å². The van der Waals surface area contributed by atoms with E-state index in [0.29, 0.717) is 31.1 Å². The Hall–Kier alpha value is -3.03. The molecule has 4 rings (SSSR count). The summed E-state index contributed by atoms with van der Waals surface area (Å²) in [4.78, 5) is 23.1. The summed E-state index contributed by atoms with van der Waals surface area (Å²) in [7, 11) is 0. The number of nitrogens with zero attached hydrogens (tertiary/aromatic N) is 6. The lowest BCUT2D eigenvalue weighted by molar-refractivity contribution is -0.132. The third kappa shape index (κ3) is 4.27. The maximum atomic E-state index is 12.7. The first-order valence-corrected chi connectivity index (χ1v) is 9.70. The van der Waals surface area contributed by atoms with Crippen molar-refractivity contribution in [1.82, 2.24) is 29.8 Å². The fourth-order valence-corrected chi connectivity index (χ4v) is 3.67. The fraction of sp³-hybridized carbons (Fsp3) is 0.450. The van der Waals surface area contributed by atoms with E-state index < -0.39 is 0 Å². The molecule has 146 valence electrons. The first kappa shape index (κ1) is 18.3. The van der Waals surface area contributed by atoms with E-state index in [1.54, 1.807) is 12.4 Å². The van der Waals surface area contributed by atoms with Crippen molar-refractivity contribution in [3.63, 3.8) is 0 Å². The number of pyridine rings is 1. The van der Waals surface area contributed by atoms with E-state index >= 15 is 0 Å².